The molecular weight excluding hydrogens is 176 g/mol. The SMILES string of the molecule is CC1CC1C(=O)N1C[C@@H]2CN[C@@H](C2)C1. The Balaban J connectivity index is 1.65. The second-order valence-electron chi connectivity index (χ2n) is 5.27. The average molecular weight is 194 g/mol. The molecule has 2 unspecified atom stereocenters. The van der Waals surface area contributed by atoms with Crippen LogP contribution < -0.4 is 5.32 Å². The van der Waals surface area contributed by atoms with Crippen LogP contribution in [0.1, 0.15) is 19.8 Å². The van der Waals surface area contributed by atoms with Crippen LogP contribution in [0.25, 0.3) is 0 Å². The molecule has 1 amide bonds. The quantitative estimate of drug-likeness (QED) is 0.658. The third-order valence-electron chi connectivity index (χ3n) is 3.97. The normalized spacial score (nSPS) is 45.4. The molecule has 78 valence electrons. The highest BCUT2D eigenvalue weighted by Gasteiger charge is 2.44. The highest BCUT2D eigenvalue weighted by Crippen LogP contribution is 2.40. The van der Waals surface area contributed by atoms with E-state index in [1.807, 2.05) is 0 Å². The molecule has 1 saturated carbocycles. The molecule has 3 heteroatoms. The molecule has 2 bridgehead atoms. The average Bonchev–Trinajstić information content (AvgIpc) is 2.82. The number of carbonyl (C=O) groups excluding carboxylic acids is 1. The second-order valence-corrected chi connectivity index (χ2v) is 5.27. The zero-order chi connectivity index (χ0) is 9.71. The monoisotopic (exact) mass is 194 g/mol. The summed E-state index contributed by atoms with van der Waals surface area (Å²) in [6, 6.07) is 0.590. The maximum Gasteiger partial charge on any atom is 0.226 e. The van der Waals surface area contributed by atoms with Gasteiger partial charge in [0.1, 0.15) is 0 Å². The molecule has 14 heavy (non-hydrogen) atoms. The van der Waals surface area contributed by atoms with E-state index in [-0.39, 0.29) is 0 Å². The predicted octanol–water partition coefficient (Wildman–Crippen LogP) is 0.463. The first kappa shape index (κ1) is 8.72. The number of likely N-dealkylation sites (tertiary alicyclic amines) is 1. The summed E-state index contributed by atoms with van der Waals surface area (Å²) < 4.78 is 0. The van der Waals surface area contributed by atoms with Crippen LogP contribution in [0.5, 0.6) is 0 Å². The van der Waals surface area contributed by atoms with Crippen molar-refractivity contribution in [2.45, 2.75) is 25.8 Å². The van der Waals surface area contributed by atoms with E-state index < -0.39 is 0 Å². The number of fused-ring (bicyclic) bond motifs is 2. The van der Waals surface area contributed by atoms with E-state index in [9.17, 15) is 4.79 Å². The lowest BCUT2D eigenvalue weighted by atomic mass is 9.99. The minimum atomic E-state index is 0.368. The van der Waals surface area contributed by atoms with E-state index in [1.165, 1.54) is 6.42 Å². The number of nitrogens with zero attached hydrogens (tertiary/aromatic N) is 1. The number of amides is 1. The van der Waals surface area contributed by atoms with Crippen molar-refractivity contribution in [2.75, 3.05) is 19.6 Å². The van der Waals surface area contributed by atoms with Gasteiger partial charge in [-0.05, 0) is 24.7 Å². The van der Waals surface area contributed by atoms with Crippen LogP contribution >= 0.6 is 0 Å². The highest BCUT2D eigenvalue weighted by atomic mass is 16.2. The van der Waals surface area contributed by atoms with Crippen LogP contribution in [0.2, 0.25) is 0 Å². The van der Waals surface area contributed by atoms with Gasteiger partial charge in [-0.3, -0.25) is 4.79 Å². The fourth-order valence-corrected chi connectivity index (χ4v) is 2.91. The van der Waals surface area contributed by atoms with Crippen LogP contribution in [-0.4, -0.2) is 36.5 Å². The Bertz CT molecular complexity index is 254. The van der Waals surface area contributed by atoms with Crippen LogP contribution in [0.3, 0.4) is 0 Å². The molecule has 0 radical (unpaired) electrons. The molecule has 2 aliphatic heterocycles. The van der Waals surface area contributed by atoms with Gasteiger partial charge in [0.05, 0.1) is 0 Å². The molecular formula is C11H18N2O. The number of rotatable bonds is 1. The molecule has 2 heterocycles. The topological polar surface area (TPSA) is 32.3 Å². The van der Waals surface area contributed by atoms with E-state index in [0.717, 1.165) is 32.0 Å². The van der Waals surface area contributed by atoms with Crippen molar-refractivity contribution in [3.8, 4) is 0 Å². The molecule has 3 fully saturated rings. The van der Waals surface area contributed by atoms with Gasteiger partial charge in [-0.15, -0.1) is 0 Å². The fourth-order valence-electron chi connectivity index (χ4n) is 2.91. The molecule has 0 aromatic carbocycles. The third kappa shape index (κ3) is 1.34. The van der Waals surface area contributed by atoms with Gasteiger partial charge in [0.15, 0.2) is 0 Å². The Kier molecular flexibility index (Phi) is 1.84. The Hall–Kier alpha value is -0.570. The van der Waals surface area contributed by atoms with Gasteiger partial charge in [-0.1, -0.05) is 6.92 Å². The largest absolute Gasteiger partial charge is 0.341 e. The van der Waals surface area contributed by atoms with Gasteiger partial charge >= 0.3 is 0 Å². The van der Waals surface area contributed by atoms with Crippen molar-refractivity contribution in [1.29, 1.82) is 0 Å². The minimum Gasteiger partial charge on any atom is -0.341 e. The Morgan fingerprint density at radius 1 is 1.36 bits per heavy atom. The van der Waals surface area contributed by atoms with Crippen molar-refractivity contribution in [1.82, 2.24) is 10.2 Å². The fraction of sp³-hybridized carbons (Fsp3) is 0.909. The van der Waals surface area contributed by atoms with Gasteiger partial charge in [0, 0.05) is 31.6 Å². The minimum absolute atomic E-state index is 0.368. The lowest BCUT2D eigenvalue weighted by Crippen LogP contribution is -2.45. The number of hydrogen-bond acceptors (Lipinski definition) is 2. The molecule has 4 atom stereocenters. The summed E-state index contributed by atoms with van der Waals surface area (Å²) in [7, 11) is 0. The first-order valence-corrected chi connectivity index (χ1v) is 5.76. The summed E-state index contributed by atoms with van der Waals surface area (Å²) in [5.41, 5.74) is 0. The second kappa shape index (κ2) is 2.96. The number of carbonyl (C=O) groups is 1. The molecule has 1 aliphatic carbocycles. The first-order valence-electron chi connectivity index (χ1n) is 5.76. The lowest BCUT2D eigenvalue weighted by molar-refractivity contribution is -0.134. The van der Waals surface area contributed by atoms with Crippen molar-refractivity contribution >= 4 is 5.91 Å². The molecule has 3 nitrogen and oxygen atoms in total. The van der Waals surface area contributed by atoms with E-state index >= 15 is 0 Å². The molecule has 3 rings (SSSR count). The zero-order valence-electron chi connectivity index (χ0n) is 8.70. The van der Waals surface area contributed by atoms with Gasteiger partial charge in [-0.2, -0.15) is 0 Å². The maximum atomic E-state index is 12.0. The predicted molar refractivity (Wildman–Crippen MR) is 53.7 cm³/mol. The van der Waals surface area contributed by atoms with Gasteiger partial charge in [0.2, 0.25) is 5.91 Å². The summed E-state index contributed by atoms with van der Waals surface area (Å²) >= 11 is 0. The van der Waals surface area contributed by atoms with Crippen molar-refractivity contribution < 1.29 is 4.79 Å². The van der Waals surface area contributed by atoms with E-state index in [2.05, 4.69) is 17.1 Å². The van der Waals surface area contributed by atoms with Gasteiger partial charge < -0.3 is 10.2 Å². The van der Waals surface area contributed by atoms with Crippen molar-refractivity contribution in [3.05, 3.63) is 0 Å². The Morgan fingerprint density at radius 3 is 2.79 bits per heavy atom. The Morgan fingerprint density at radius 2 is 2.14 bits per heavy atom. The van der Waals surface area contributed by atoms with Crippen molar-refractivity contribution in [3.63, 3.8) is 0 Å². The van der Waals surface area contributed by atoms with Crippen LogP contribution in [-0.2, 0) is 4.79 Å². The van der Waals surface area contributed by atoms with Gasteiger partial charge in [0.25, 0.3) is 0 Å². The van der Waals surface area contributed by atoms with Crippen LogP contribution in [0.4, 0.5) is 0 Å². The molecule has 1 N–H and O–H groups in total. The zero-order valence-corrected chi connectivity index (χ0v) is 8.70. The molecule has 3 aliphatic rings. The maximum absolute atomic E-state index is 12.0. The standard InChI is InChI=1S/C11H18N2O/c1-7-2-10(7)11(14)13-5-8-3-9(6-13)12-4-8/h7-10,12H,2-6H2,1H3/t7?,8-,9-,10?/m0/s1. The summed E-state index contributed by atoms with van der Waals surface area (Å²) in [6.07, 6.45) is 2.40. The third-order valence-corrected chi connectivity index (χ3v) is 3.97. The van der Waals surface area contributed by atoms with Crippen molar-refractivity contribution in [2.24, 2.45) is 17.8 Å². The smallest absolute Gasteiger partial charge is 0.226 e. The number of hydrogen-bond donors (Lipinski definition) is 1. The number of nitrogens with one attached hydrogen (secondary N) is 1. The van der Waals surface area contributed by atoms with Gasteiger partial charge in [-0.25, -0.2) is 0 Å². The molecule has 0 aromatic heterocycles. The number of piperidine rings is 1. The van der Waals surface area contributed by atoms with E-state index in [4.69, 9.17) is 0 Å². The summed E-state index contributed by atoms with van der Waals surface area (Å²) in [4.78, 5) is 14.1. The summed E-state index contributed by atoms with van der Waals surface area (Å²) in [6.45, 7) is 5.26. The highest BCUT2D eigenvalue weighted by molar-refractivity contribution is 5.81. The molecule has 2 saturated heterocycles. The first-order chi connectivity index (χ1) is 6.74. The summed E-state index contributed by atoms with van der Waals surface area (Å²) in [5, 5.41) is 3.48. The lowest BCUT2D eigenvalue weighted by Gasteiger charge is -2.31. The summed E-state index contributed by atoms with van der Waals surface area (Å²) in [5.74, 6) is 2.17. The molecule has 0 aromatic rings. The van der Waals surface area contributed by atoms with Crippen LogP contribution in [0, 0.1) is 17.8 Å². The molecule has 0 spiro atoms. The van der Waals surface area contributed by atoms with E-state index in [1.54, 1.807) is 0 Å². The van der Waals surface area contributed by atoms with E-state index in [0.29, 0.717) is 23.8 Å². The van der Waals surface area contributed by atoms with Crippen LogP contribution in [0.15, 0.2) is 0 Å². The Labute approximate surface area is 84.8 Å².